The predicted molar refractivity (Wildman–Crippen MR) is 60.1 cm³/mol. The van der Waals surface area contributed by atoms with Gasteiger partial charge < -0.3 is 14.4 Å². The normalized spacial score (nSPS) is 20.0. The second kappa shape index (κ2) is 4.86. The lowest BCUT2D eigenvalue weighted by molar-refractivity contribution is -0.146. The molecular weight excluding hydrogens is 222 g/mol. The predicted octanol–water partition coefficient (Wildman–Crippen LogP) is 1.37. The molecule has 5 heteroatoms. The van der Waals surface area contributed by atoms with Gasteiger partial charge in [-0.3, -0.25) is 4.79 Å². The summed E-state index contributed by atoms with van der Waals surface area (Å²) in [5.41, 5.74) is 0. The average Bonchev–Trinajstić information content (AvgIpc) is 2.96. The number of likely N-dealkylation sites (tertiary alicyclic amines) is 1. The Balaban J connectivity index is 2.02. The van der Waals surface area contributed by atoms with Crippen LogP contribution in [0.5, 0.6) is 0 Å². The standard InChI is InChI=1S/C12H13NO4/c14-11(6-5-9-3-2-8-17-9)13-7-1-4-10(13)12(15)16/h2-3,5-6,8,10H,1,4,7H2,(H,15,16)/b6-5-/t10-/m0/s1. The van der Waals surface area contributed by atoms with E-state index in [0.717, 1.165) is 6.42 Å². The van der Waals surface area contributed by atoms with Crippen molar-refractivity contribution in [2.45, 2.75) is 18.9 Å². The molecule has 90 valence electrons. The molecule has 2 rings (SSSR count). The first-order chi connectivity index (χ1) is 8.18. The lowest BCUT2D eigenvalue weighted by atomic mass is 10.2. The van der Waals surface area contributed by atoms with Crippen LogP contribution in [0.1, 0.15) is 18.6 Å². The first-order valence-corrected chi connectivity index (χ1v) is 5.43. The molecule has 1 aliphatic rings. The number of furan rings is 1. The quantitative estimate of drug-likeness (QED) is 0.803. The number of hydrogen-bond donors (Lipinski definition) is 1. The number of rotatable bonds is 3. The van der Waals surface area contributed by atoms with E-state index < -0.39 is 12.0 Å². The summed E-state index contributed by atoms with van der Waals surface area (Å²) in [6.45, 7) is 0.498. The monoisotopic (exact) mass is 235 g/mol. The molecule has 0 spiro atoms. The molecule has 0 bridgehead atoms. The van der Waals surface area contributed by atoms with E-state index in [0.29, 0.717) is 18.7 Å². The van der Waals surface area contributed by atoms with Gasteiger partial charge in [-0.15, -0.1) is 0 Å². The maximum absolute atomic E-state index is 11.8. The van der Waals surface area contributed by atoms with Crippen molar-refractivity contribution in [3.63, 3.8) is 0 Å². The zero-order chi connectivity index (χ0) is 12.3. The summed E-state index contributed by atoms with van der Waals surface area (Å²) in [6, 6.07) is 2.76. The zero-order valence-electron chi connectivity index (χ0n) is 9.20. The maximum atomic E-state index is 11.8. The first-order valence-electron chi connectivity index (χ1n) is 5.43. The van der Waals surface area contributed by atoms with Crippen molar-refractivity contribution in [1.29, 1.82) is 0 Å². The SMILES string of the molecule is O=C(O)[C@@H]1CCCN1C(=O)/C=C\c1ccco1. The molecular formula is C12H13NO4. The van der Waals surface area contributed by atoms with Crippen LogP contribution in [-0.2, 0) is 9.59 Å². The van der Waals surface area contributed by atoms with Crippen LogP contribution >= 0.6 is 0 Å². The molecule has 5 nitrogen and oxygen atoms in total. The zero-order valence-corrected chi connectivity index (χ0v) is 9.20. The van der Waals surface area contributed by atoms with Crippen molar-refractivity contribution in [1.82, 2.24) is 4.90 Å². The Bertz CT molecular complexity index is 435. The van der Waals surface area contributed by atoms with E-state index in [2.05, 4.69) is 0 Å². The van der Waals surface area contributed by atoms with Crippen LogP contribution in [-0.4, -0.2) is 34.5 Å². The van der Waals surface area contributed by atoms with E-state index in [4.69, 9.17) is 9.52 Å². The molecule has 1 fully saturated rings. The molecule has 17 heavy (non-hydrogen) atoms. The molecule has 1 atom stereocenters. The van der Waals surface area contributed by atoms with Gasteiger partial charge in [0.15, 0.2) is 0 Å². The van der Waals surface area contributed by atoms with Crippen LogP contribution in [0.25, 0.3) is 6.08 Å². The smallest absolute Gasteiger partial charge is 0.326 e. The Morgan fingerprint density at radius 1 is 1.53 bits per heavy atom. The van der Waals surface area contributed by atoms with E-state index in [1.54, 1.807) is 18.2 Å². The minimum absolute atomic E-state index is 0.286. The van der Waals surface area contributed by atoms with Gasteiger partial charge >= 0.3 is 5.97 Å². The highest BCUT2D eigenvalue weighted by Gasteiger charge is 2.32. The first kappa shape index (κ1) is 11.4. The Morgan fingerprint density at radius 3 is 3.00 bits per heavy atom. The molecule has 0 aliphatic carbocycles. The van der Waals surface area contributed by atoms with Gasteiger partial charge in [-0.25, -0.2) is 4.79 Å². The molecule has 1 N–H and O–H groups in total. The molecule has 1 aromatic heterocycles. The molecule has 0 unspecified atom stereocenters. The van der Waals surface area contributed by atoms with Crippen molar-refractivity contribution in [3.05, 3.63) is 30.2 Å². The van der Waals surface area contributed by atoms with Crippen molar-refractivity contribution >= 4 is 18.0 Å². The van der Waals surface area contributed by atoms with Gasteiger partial charge in [0.1, 0.15) is 11.8 Å². The van der Waals surface area contributed by atoms with E-state index in [1.165, 1.54) is 17.2 Å². The summed E-state index contributed by atoms with van der Waals surface area (Å²) in [6.07, 6.45) is 5.66. The Kier molecular flexibility index (Phi) is 3.27. The highest BCUT2D eigenvalue weighted by molar-refractivity contribution is 5.94. The Morgan fingerprint density at radius 2 is 2.35 bits per heavy atom. The van der Waals surface area contributed by atoms with Crippen molar-refractivity contribution in [2.75, 3.05) is 6.54 Å². The largest absolute Gasteiger partial charge is 0.480 e. The van der Waals surface area contributed by atoms with Crippen molar-refractivity contribution in [3.8, 4) is 0 Å². The Hall–Kier alpha value is -2.04. The van der Waals surface area contributed by atoms with Crippen LogP contribution in [0, 0.1) is 0 Å². The summed E-state index contributed by atoms with van der Waals surface area (Å²) in [4.78, 5) is 24.1. The number of hydrogen-bond acceptors (Lipinski definition) is 3. The lowest BCUT2D eigenvalue weighted by Crippen LogP contribution is -2.39. The fourth-order valence-corrected chi connectivity index (χ4v) is 1.92. The average molecular weight is 235 g/mol. The van der Waals surface area contributed by atoms with Gasteiger partial charge in [-0.2, -0.15) is 0 Å². The van der Waals surface area contributed by atoms with Gasteiger partial charge in [-0.05, 0) is 31.1 Å². The summed E-state index contributed by atoms with van der Waals surface area (Å²) < 4.78 is 5.05. The van der Waals surface area contributed by atoms with Crippen molar-refractivity contribution < 1.29 is 19.1 Å². The highest BCUT2D eigenvalue weighted by Crippen LogP contribution is 2.18. The van der Waals surface area contributed by atoms with Crippen LogP contribution in [0.3, 0.4) is 0 Å². The number of carboxylic acids is 1. The van der Waals surface area contributed by atoms with Gasteiger partial charge in [-0.1, -0.05) is 0 Å². The third-order valence-electron chi connectivity index (χ3n) is 2.75. The van der Waals surface area contributed by atoms with E-state index in [-0.39, 0.29) is 5.91 Å². The van der Waals surface area contributed by atoms with Gasteiger partial charge in [0.05, 0.1) is 6.26 Å². The van der Waals surface area contributed by atoms with E-state index >= 15 is 0 Å². The lowest BCUT2D eigenvalue weighted by Gasteiger charge is -2.19. The van der Waals surface area contributed by atoms with E-state index in [1.807, 2.05) is 0 Å². The molecule has 1 saturated heterocycles. The number of aliphatic carboxylic acids is 1. The van der Waals surface area contributed by atoms with Crippen LogP contribution in [0.4, 0.5) is 0 Å². The summed E-state index contributed by atoms with van der Waals surface area (Å²) in [5.74, 6) is -0.655. The van der Waals surface area contributed by atoms with Gasteiger partial charge in [0.2, 0.25) is 5.91 Å². The maximum Gasteiger partial charge on any atom is 0.326 e. The second-order valence-corrected chi connectivity index (χ2v) is 3.88. The highest BCUT2D eigenvalue weighted by atomic mass is 16.4. The summed E-state index contributed by atoms with van der Waals surface area (Å²) in [7, 11) is 0. The molecule has 1 aromatic rings. The van der Waals surface area contributed by atoms with Crippen LogP contribution in [0.15, 0.2) is 28.9 Å². The van der Waals surface area contributed by atoms with E-state index in [9.17, 15) is 9.59 Å². The summed E-state index contributed by atoms with van der Waals surface area (Å²) >= 11 is 0. The molecule has 1 aliphatic heterocycles. The number of amides is 1. The summed E-state index contributed by atoms with van der Waals surface area (Å²) in [5, 5.41) is 8.95. The number of carboxylic acid groups (broad SMARTS) is 1. The van der Waals surface area contributed by atoms with Crippen molar-refractivity contribution in [2.24, 2.45) is 0 Å². The minimum atomic E-state index is -0.942. The second-order valence-electron chi connectivity index (χ2n) is 3.88. The molecule has 0 aromatic carbocycles. The minimum Gasteiger partial charge on any atom is -0.480 e. The third kappa shape index (κ3) is 2.55. The topological polar surface area (TPSA) is 70.8 Å². The number of carbonyl (C=O) groups is 2. The molecule has 0 saturated carbocycles. The van der Waals surface area contributed by atoms with Gasteiger partial charge in [0, 0.05) is 12.6 Å². The van der Waals surface area contributed by atoms with Gasteiger partial charge in [0.25, 0.3) is 0 Å². The Labute approximate surface area is 98.3 Å². The molecule has 1 amide bonds. The van der Waals surface area contributed by atoms with Crippen LogP contribution < -0.4 is 0 Å². The fourth-order valence-electron chi connectivity index (χ4n) is 1.92. The number of carbonyl (C=O) groups excluding carboxylic acids is 1. The molecule has 2 heterocycles. The third-order valence-corrected chi connectivity index (χ3v) is 2.75. The van der Waals surface area contributed by atoms with Crippen LogP contribution in [0.2, 0.25) is 0 Å². The number of nitrogens with zero attached hydrogens (tertiary/aromatic N) is 1. The fraction of sp³-hybridized carbons (Fsp3) is 0.333. The molecule has 0 radical (unpaired) electrons.